The molecule has 0 aromatic carbocycles. The van der Waals surface area contributed by atoms with Crippen LogP contribution in [-0.4, -0.2) is 13.1 Å². The Morgan fingerprint density at radius 1 is 1.42 bits per heavy atom. The summed E-state index contributed by atoms with van der Waals surface area (Å²) in [4.78, 5) is 0. The Labute approximate surface area is 75.9 Å². The van der Waals surface area contributed by atoms with Crippen LogP contribution in [0.2, 0.25) is 0 Å². The van der Waals surface area contributed by atoms with Crippen LogP contribution in [-0.2, 0) is 0 Å². The lowest BCUT2D eigenvalue weighted by molar-refractivity contribution is 0.226. The van der Waals surface area contributed by atoms with Gasteiger partial charge >= 0.3 is 0 Å². The van der Waals surface area contributed by atoms with E-state index in [4.69, 9.17) is 0 Å². The second-order valence-corrected chi connectivity index (χ2v) is 4.75. The second-order valence-electron chi connectivity index (χ2n) is 4.75. The van der Waals surface area contributed by atoms with E-state index in [9.17, 15) is 0 Å². The fraction of sp³-hybridized carbons (Fsp3) is 1.00. The highest BCUT2D eigenvalue weighted by molar-refractivity contribution is 5.08. The van der Waals surface area contributed by atoms with Crippen LogP contribution in [0, 0.1) is 17.3 Å². The molecular weight excluding hydrogens is 146 g/mol. The predicted molar refractivity (Wildman–Crippen MR) is 52.1 cm³/mol. The summed E-state index contributed by atoms with van der Waals surface area (Å²) in [5.41, 5.74) is 0.744. The normalized spacial score (nSPS) is 45.5. The van der Waals surface area contributed by atoms with E-state index in [1.54, 1.807) is 0 Å². The van der Waals surface area contributed by atoms with Gasteiger partial charge in [0.2, 0.25) is 0 Å². The maximum atomic E-state index is 3.53. The molecule has 0 aromatic rings. The third kappa shape index (κ3) is 1.19. The van der Waals surface area contributed by atoms with E-state index in [0.717, 1.165) is 23.8 Å². The van der Waals surface area contributed by atoms with Gasteiger partial charge in [0, 0.05) is 6.54 Å². The van der Waals surface area contributed by atoms with Crippen molar-refractivity contribution < 1.29 is 0 Å². The summed E-state index contributed by atoms with van der Waals surface area (Å²) in [7, 11) is 0. The van der Waals surface area contributed by atoms with Crippen molar-refractivity contribution >= 4 is 0 Å². The van der Waals surface area contributed by atoms with E-state index >= 15 is 0 Å². The molecule has 2 aliphatic carbocycles. The van der Waals surface area contributed by atoms with Crippen molar-refractivity contribution in [2.75, 3.05) is 13.1 Å². The maximum Gasteiger partial charge on any atom is 0.00130 e. The fourth-order valence-electron chi connectivity index (χ4n) is 3.10. The number of fused-ring (bicyclic) bond motifs is 1. The molecule has 0 amide bonds. The molecule has 0 heterocycles. The van der Waals surface area contributed by atoms with Gasteiger partial charge in [-0.3, -0.25) is 0 Å². The topological polar surface area (TPSA) is 12.0 Å². The van der Waals surface area contributed by atoms with Gasteiger partial charge in [-0.1, -0.05) is 26.7 Å². The molecule has 0 aromatic heterocycles. The van der Waals surface area contributed by atoms with E-state index in [2.05, 4.69) is 19.2 Å². The minimum absolute atomic E-state index is 0.744. The molecular formula is C11H21N. The molecule has 0 spiro atoms. The van der Waals surface area contributed by atoms with E-state index in [0.29, 0.717) is 0 Å². The largest absolute Gasteiger partial charge is 0.316 e. The van der Waals surface area contributed by atoms with Crippen molar-refractivity contribution in [3.05, 3.63) is 0 Å². The lowest BCUT2D eigenvalue weighted by Crippen LogP contribution is -2.32. The quantitative estimate of drug-likeness (QED) is 0.680. The van der Waals surface area contributed by atoms with Gasteiger partial charge in [-0.05, 0) is 36.6 Å². The van der Waals surface area contributed by atoms with Crippen molar-refractivity contribution in [1.82, 2.24) is 5.32 Å². The van der Waals surface area contributed by atoms with Gasteiger partial charge in [-0.2, -0.15) is 0 Å². The lowest BCUT2D eigenvalue weighted by Gasteiger charge is -2.29. The van der Waals surface area contributed by atoms with E-state index in [1.807, 2.05) is 0 Å². The SMILES string of the molecule is CCNCC12CC1CCCC2C. The van der Waals surface area contributed by atoms with Crippen LogP contribution in [0.5, 0.6) is 0 Å². The van der Waals surface area contributed by atoms with E-state index in [1.165, 1.54) is 32.2 Å². The third-order valence-electron chi connectivity index (χ3n) is 4.15. The van der Waals surface area contributed by atoms with Crippen molar-refractivity contribution in [1.29, 1.82) is 0 Å². The van der Waals surface area contributed by atoms with Gasteiger partial charge in [0.15, 0.2) is 0 Å². The zero-order chi connectivity index (χ0) is 8.60. The van der Waals surface area contributed by atoms with Gasteiger partial charge in [-0.25, -0.2) is 0 Å². The molecule has 0 radical (unpaired) electrons. The van der Waals surface area contributed by atoms with Gasteiger partial charge in [0.25, 0.3) is 0 Å². The van der Waals surface area contributed by atoms with Crippen LogP contribution in [0.25, 0.3) is 0 Å². The molecule has 3 atom stereocenters. The smallest absolute Gasteiger partial charge is 0.00130 e. The highest BCUT2D eigenvalue weighted by atomic mass is 14.9. The third-order valence-corrected chi connectivity index (χ3v) is 4.15. The fourth-order valence-corrected chi connectivity index (χ4v) is 3.10. The lowest BCUT2D eigenvalue weighted by atomic mass is 9.79. The first-order valence-electron chi connectivity index (χ1n) is 5.50. The molecule has 2 fully saturated rings. The van der Waals surface area contributed by atoms with Crippen LogP contribution in [0.15, 0.2) is 0 Å². The summed E-state index contributed by atoms with van der Waals surface area (Å²) in [6.07, 6.45) is 5.98. The van der Waals surface area contributed by atoms with Crippen LogP contribution in [0.3, 0.4) is 0 Å². The minimum Gasteiger partial charge on any atom is -0.316 e. The number of nitrogens with one attached hydrogen (secondary N) is 1. The van der Waals surface area contributed by atoms with E-state index in [-0.39, 0.29) is 0 Å². The Bertz CT molecular complexity index is 166. The molecule has 1 N–H and O–H groups in total. The molecule has 70 valence electrons. The van der Waals surface area contributed by atoms with Crippen molar-refractivity contribution in [3.63, 3.8) is 0 Å². The molecule has 0 bridgehead atoms. The molecule has 2 rings (SSSR count). The van der Waals surface area contributed by atoms with Crippen molar-refractivity contribution in [2.45, 2.75) is 39.5 Å². The van der Waals surface area contributed by atoms with Gasteiger partial charge in [0.1, 0.15) is 0 Å². The first-order chi connectivity index (χ1) is 5.79. The Morgan fingerprint density at radius 3 is 2.92 bits per heavy atom. The van der Waals surface area contributed by atoms with Crippen LogP contribution in [0.4, 0.5) is 0 Å². The van der Waals surface area contributed by atoms with Gasteiger partial charge < -0.3 is 5.32 Å². The summed E-state index contributed by atoms with van der Waals surface area (Å²) in [5, 5.41) is 3.53. The highest BCUT2D eigenvalue weighted by Gasteiger charge is 2.57. The van der Waals surface area contributed by atoms with Crippen molar-refractivity contribution in [3.8, 4) is 0 Å². The average molecular weight is 167 g/mol. The zero-order valence-electron chi connectivity index (χ0n) is 8.40. The van der Waals surface area contributed by atoms with Gasteiger partial charge in [-0.15, -0.1) is 0 Å². The second kappa shape index (κ2) is 3.02. The van der Waals surface area contributed by atoms with Crippen LogP contribution < -0.4 is 5.32 Å². The van der Waals surface area contributed by atoms with Gasteiger partial charge in [0.05, 0.1) is 0 Å². The van der Waals surface area contributed by atoms with Crippen molar-refractivity contribution in [2.24, 2.45) is 17.3 Å². The molecule has 1 nitrogen and oxygen atoms in total. The minimum atomic E-state index is 0.744. The first-order valence-corrected chi connectivity index (χ1v) is 5.50. The number of rotatable bonds is 3. The number of hydrogen-bond donors (Lipinski definition) is 1. The summed E-state index contributed by atoms with van der Waals surface area (Å²) in [6, 6.07) is 0. The molecule has 2 saturated carbocycles. The Kier molecular flexibility index (Phi) is 2.16. The standard InChI is InChI=1S/C11H21N/c1-3-12-8-11-7-10(11)6-4-5-9(11)2/h9-10,12H,3-8H2,1-2H3. The summed E-state index contributed by atoms with van der Waals surface area (Å²) in [6.45, 7) is 7.09. The predicted octanol–water partition coefficient (Wildman–Crippen LogP) is 2.42. The average Bonchev–Trinajstić information content (AvgIpc) is 2.78. The molecule has 0 aliphatic heterocycles. The van der Waals surface area contributed by atoms with Crippen LogP contribution >= 0.6 is 0 Å². The highest BCUT2D eigenvalue weighted by Crippen LogP contribution is 2.63. The molecule has 2 aliphatic rings. The Hall–Kier alpha value is -0.0400. The molecule has 3 unspecified atom stereocenters. The van der Waals surface area contributed by atoms with Crippen LogP contribution in [0.1, 0.15) is 39.5 Å². The summed E-state index contributed by atoms with van der Waals surface area (Å²) < 4.78 is 0. The van der Waals surface area contributed by atoms with E-state index < -0.39 is 0 Å². The first kappa shape index (κ1) is 8.55. The summed E-state index contributed by atoms with van der Waals surface area (Å²) >= 11 is 0. The molecule has 1 heteroatoms. The summed E-state index contributed by atoms with van der Waals surface area (Å²) in [5.74, 6) is 2.07. The molecule has 0 saturated heterocycles. The maximum absolute atomic E-state index is 3.53. The Morgan fingerprint density at radius 2 is 2.25 bits per heavy atom. The Balaban J connectivity index is 1.92. The molecule has 12 heavy (non-hydrogen) atoms. The zero-order valence-corrected chi connectivity index (χ0v) is 8.40. The monoisotopic (exact) mass is 167 g/mol. The number of hydrogen-bond acceptors (Lipinski definition) is 1.